The van der Waals surface area contributed by atoms with Crippen LogP contribution in [0, 0.1) is 6.92 Å². The Balaban J connectivity index is 3.15. The minimum atomic E-state index is 0.0451. The molecule has 0 fully saturated rings. The lowest BCUT2D eigenvalue weighted by Gasteiger charge is -2.15. The molecule has 0 spiro atoms. The van der Waals surface area contributed by atoms with Gasteiger partial charge in [-0.2, -0.15) is 0 Å². The van der Waals surface area contributed by atoms with E-state index in [4.69, 9.17) is 16.3 Å². The summed E-state index contributed by atoms with van der Waals surface area (Å²) in [7, 11) is 0. The average Bonchev–Trinajstić information content (AvgIpc) is 2.22. The second-order valence-electron chi connectivity index (χ2n) is 4.44. The van der Waals surface area contributed by atoms with Crippen LogP contribution >= 0.6 is 11.6 Å². The van der Waals surface area contributed by atoms with Crippen molar-refractivity contribution in [1.82, 2.24) is 0 Å². The zero-order valence-electron chi connectivity index (χ0n) is 10.8. The van der Waals surface area contributed by atoms with E-state index in [0.29, 0.717) is 22.8 Å². The van der Waals surface area contributed by atoms with Gasteiger partial charge in [0, 0.05) is 11.4 Å². The third-order valence-electron chi connectivity index (χ3n) is 2.40. The average molecular weight is 255 g/mol. The maximum absolute atomic E-state index is 12.0. The largest absolute Gasteiger partial charge is 0.490 e. The summed E-state index contributed by atoms with van der Waals surface area (Å²) < 4.78 is 5.67. The Labute approximate surface area is 108 Å². The molecule has 0 amide bonds. The SMILES string of the molecule is CCCC(=O)c1cc(Cl)c(C)cc1OC(C)C. The predicted molar refractivity (Wildman–Crippen MR) is 71.2 cm³/mol. The summed E-state index contributed by atoms with van der Waals surface area (Å²) in [6.07, 6.45) is 1.39. The van der Waals surface area contributed by atoms with E-state index in [1.165, 1.54) is 0 Å². The van der Waals surface area contributed by atoms with Crippen LogP contribution in [0.25, 0.3) is 0 Å². The van der Waals surface area contributed by atoms with Gasteiger partial charge in [-0.25, -0.2) is 0 Å². The van der Waals surface area contributed by atoms with Gasteiger partial charge in [-0.15, -0.1) is 0 Å². The number of benzene rings is 1. The Bertz CT molecular complexity index is 411. The van der Waals surface area contributed by atoms with Gasteiger partial charge in [0.1, 0.15) is 5.75 Å². The maximum atomic E-state index is 12.0. The van der Waals surface area contributed by atoms with Crippen molar-refractivity contribution >= 4 is 17.4 Å². The topological polar surface area (TPSA) is 26.3 Å². The molecule has 0 atom stereocenters. The predicted octanol–water partition coefficient (Wildman–Crippen LogP) is 4.42. The fourth-order valence-corrected chi connectivity index (χ4v) is 1.75. The van der Waals surface area contributed by atoms with E-state index >= 15 is 0 Å². The third kappa shape index (κ3) is 3.74. The first-order valence-corrected chi connectivity index (χ1v) is 6.33. The maximum Gasteiger partial charge on any atom is 0.166 e. The van der Waals surface area contributed by atoms with E-state index in [1.807, 2.05) is 33.8 Å². The van der Waals surface area contributed by atoms with Crippen LogP contribution in [-0.2, 0) is 0 Å². The van der Waals surface area contributed by atoms with Gasteiger partial charge in [0.25, 0.3) is 0 Å². The fraction of sp³-hybridized carbons (Fsp3) is 0.500. The molecule has 0 bridgehead atoms. The van der Waals surface area contributed by atoms with Crippen LogP contribution in [0.1, 0.15) is 49.5 Å². The molecule has 94 valence electrons. The monoisotopic (exact) mass is 254 g/mol. The Morgan fingerprint density at radius 2 is 2.06 bits per heavy atom. The van der Waals surface area contributed by atoms with Crippen molar-refractivity contribution in [3.63, 3.8) is 0 Å². The fourth-order valence-electron chi connectivity index (χ4n) is 1.59. The molecule has 0 saturated carbocycles. The molecule has 0 heterocycles. The summed E-state index contributed by atoms with van der Waals surface area (Å²) in [6, 6.07) is 3.55. The van der Waals surface area contributed by atoms with Crippen molar-refractivity contribution in [2.75, 3.05) is 0 Å². The number of carbonyl (C=O) groups excluding carboxylic acids is 1. The van der Waals surface area contributed by atoms with E-state index in [9.17, 15) is 4.79 Å². The number of carbonyl (C=O) groups is 1. The van der Waals surface area contributed by atoms with Crippen LogP contribution in [-0.4, -0.2) is 11.9 Å². The third-order valence-corrected chi connectivity index (χ3v) is 2.81. The molecule has 0 radical (unpaired) electrons. The van der Waals surface area contributed by atoms with Crippen LogP contribution in [0.5, 0.6) is 5.75 Å². The van der Waals surface area contributed by atoms with Crippen molar-refractivity contribution < 1.29 is 9.53 Å². The molecule has 2 nitrogen and oxygen atoms in total. The molecule has 0 aromatic heterocycles. The highest BCUT2D eigenvalue weighted by molar-refractivity contribution is 6.31. The molecule has 0 N–H and O–H groups in total. The molecule has 1 rings (SSSR count). The molecular formula is C14H19ClO2. The van der Waals surface area contributed by atoms with Gasteiger partial charge in [0.15, 0.2) is 5.78 Å². The molecule has 17 heavy (non-hydrogen) atoms. The van der Waals surface area contributed by atoms with Crippen molar-refractivity contribution in [1.29, 1.82) is 0 Å². The summed E-state index contributed by atoms with van der Waals surface area (Å²) >= 11 is 6.06. The van der Waals surface area contributed by atoms with E-state index in [-0.39, 0.29) is 11.9 Å². The van der Waals surface area contributed by atoms with Crippen LogP contribution < -0.4 is 4.74 Å². The van der Waals surface area contributed by atoms with Gasteiger partial charge in [-0.3, -0.25) is 4.79 Å². The summed E-state index contributed by atoms with van der Waals surface area (Å²) in [5, 5.41) is 0.612. The van der Waals surface area contributed by atoms with E-state index in [0.717, 1.165) is 12.0 Å². The molecule has 0 aliphatic carbocycles. The highest BCUT2D eigenvalue weighted by atomic mass is 35.5. The van der Waals surface area contributed by atoms with Gasteiger partial charge >= 0.3 is 0 Å². The molecule has 0 aliphatic rings. The van der Waals surface area contributed by atoms with Crippen LogP contribution in [0.4, 0.5) is 0 Å². The molecule has 1 aromatic carbocycles. The number of ether oxygens (including phenoxy) is 1. The van der Waals surface area contributed by atoms with Crippen molar-refractivity contribution in [2.24, 2.45) is 0 Å². The summed E-state index contributed by atoms with van der Waals surface area (Å²) in [5.41, 5.74) is 1.52. The first-order chi connectivity index (χ1) is 7.95. The Hall–Kier alpha value is -1.02. The second-order valence-corrected chi connectivity index (χ2v) is 4.84. The van der Waals surface area contributed by atoms with E-state index < -0.39 is 0 Å². The Morgan fingerprint density at radius 3 is 2.59 bits per heavy atom. The molecule has 1 aromatic rings. The highest BCUT2D eigenvalue weighted by Crippen LogP contribution is 2.28. The highest BCUT2D eigenvalue weighted by Gasteiger charge is 2.15. The van der Waals surface area contributed by atoms with Crippen molar-refractivity contribution in [3.8, 4) is 5.75 Å². The van der Waals surface area contributed by atoms with Crippen molar-refractivity contribution in [2.45, 2.75) is 46.6 Å². The van der Waals surface area contributed by atoms with Gasteiger partial charge in [-0.1, -0.05) is 18.5 Å². The number of Topliss-reactive ketones (excluding diaryl/α,β-unsaturated/α-hetero) is 1. The number of aryl methyl sites for hydroxylation is 1. The summed E-state index contributed by atoms with van der Waals surface area (Å²) in [5.74, 6) is 0.727. The standard InChI is InChI=1S/C14H19ClO2/c1-5-6-13(16)11-8-12(15)10(4)7-14(11)17-9(2)3/h7-9H,5-6H2,1-4H3. The number of hydrogen-bond donors (Lipinski definition) is 0. The Morgan fingerprint density at radius 1 is 1.41 bits per heavy atom. The smallest absolute Gasteiger partial charge is 0.166 e. The minimum Gasteiger partial charge on any atom is -0.490 e. The van der Waals surface area contributed by atoms with Crippen LogP contribution in [0.15, 0.2) is 12.1 Å². The van der Waals surface area contributed by atoms with Crippen LogP contribution in [0.3, 0.4) is 0 Å². The van der Waals surface area contributed by atoms with Crippen molar-refractivity contribution in [3.05, 3.63) is 28.3 Å². The second kappa shape index (κ2) is 6.06. The number of hydrogen-bond acceptors (Lipinski definition) is 2. The number of ketones is 1. The van der Waals surface area contributed by atoms with Crippen LogP contribution in [0.2, 0.25) is 5.02 Å². The summed E-state index contributed by atoms with van der Waals surface area (Å²) in [4.78, 5) is 12.0. The molecule has 3 heteroatoms. The first-order valence-electron chi connectivity index (χ1n) is 5.95. The number of rotatable bonds is 5. The van der Waals surface area contributed by atoms with Gasteiger partial charge < -0.3 is 4.74 Å². The van der Waals surface area contributed by atoms with E-state index in [1.54, 1.807) is 6.07 Å². The molecular weight excluding hydrogens is 236 g/mol. The quantitative estimate of drug-likeness (QED) is 0.727. The summed E-state index contributed by atoms with van der Waals surface area (Å²) in [6.45, 7) is 7.77. The van der Waals surface area contributed by atoms with Gasteiger partial charge in [0.2, 0.25) is 0 Å². The molecule has 0 unspecified atom stereocenters. The number of halogens is 1. The minimum absolute atomic E-state index is 0.0451. The van der Waals surface area contributed by atoms with Gasteiger partial charge in [0.05, 0.1) is 11.7 Å². The lowest BCUT2D eigenvalue weighted by Crippen LogP contribution is -2.10. The first kappa shape index (κ1) is 14.0. The zero-order valence-corrected chi connectivity index (χ0v) is 11.6. The lowest BCUT2D eigenvalue weighted by atomic mass is 10.0. The molecule has 0 saturated heterocycles. The zero-order chi connectivity index (χ0) is 13.0. The lowest BCUT2D eigenvalue weighted by molar-refractivity contribution is 0.0976. The van der Waals surface area contributed by atoms with E-state index in [2.05, 4.69) is 0 Å². The normalized spacial score (nSPS) is 10.7. The van der Waals surface area contributed by atoms with Gasteiger partial charge in [-0.05, 0) is 44.9 Å². The molecule has 0 aliphatic heterocycles. The Kier molecular flexibility index (Phi) is 5.01.